The van der Waals surface area contributed by atoms with Crippen molar-refractivity contribution in [1.82, 2.24) is 15.2 Å². The minimum Gasteiger partial charge on any atom is -0.262 e. The monoisotopic (exact) mass is 281 g/mol. The van der Waals surface area contributed by atoms with Gasteiger partial charge in [-0.1, -0.05) is 48.8 Å². The molecule has 0 radical (unpaired) electrons. The summed E-state index contributed by atoms with van der Waals surface area (Å²) in [5.74, 6) is 1.85. The molecule has 2 rings (SSSR count). The van der Waals surface area contributed by atoms with Gasteiger partial charge in [0, 0.05) is 17.2 Å². The van der Waals surface area contributed by atoms with E-state index in [0.717, 1.165) is 34.6 Å². The van der Waals surface area contributed by atoms with E-state index in [1.807, 2.05) is 24.3 Å². The number of aryl methyl sites for hydroxylation is 1. The summed E-state index contributed by atoms with van der Waals surface area (Å²) in [5.41, 5.74) is 1.23. The van der Waals surface area contributed by atoms with Crippen molar-refractivity contribution in [3.8, 4) is 0 Å². The van der Waals surface area contributed by atoms with Crippen LogP contribution in [0.25, 0.3) is 0 Å². The maximum atomic E-state index is 5.84. The van der Waals surface area contributed by atoms with Crippen molar-refractivity contribution < 1.29 is 0 Å². The van der Waals surface area contributed by atoms with Crippen molar-refractivity contribution in [1.29, 1.82) is 0 Å². The Balaban J connectivity index is 1.86. The Labute approximate surface area is 116 Å². The molecule has 0 saturated heterocycles. The third kappa shape index (κ3) is 4.03. The van der Waals surface area contributed by atoms with Crippen molar-refractivity contribution in [2.24, 2.45) is 0 Å². The van der Waals surface area contributed by atoms with E-state index in [4.69, 9.17) is 11.6 Å². The second-order valence-electron chi connectivity index (χ2n) is 4.08. The van der Waals surface area contributed by atoms with Crippen LogP contribution < -0.4 is 0 Å². The van der Waals surface area contributed by atoms with Gasteiger partial charge >= 0.3 is 0 Å². The zero-order chi connectivity index (χ0) is 12.8. The lowest BCUT2D eigenvalue weighted by Gasteiger charge is -1.98. The number of halogens is 1. The van der Waals surface area contributed by atoms with E-state index in [9.17, 15) is 0 Å². The molecule has 0 fully saturated rings. The Bertz CT molecular complexity index is 481. The topological polar surface area (TPSA) is 41.6 Å². The number of aromatic nitrogens is 3. The molecule has 0 atom stereocenters. The quantitative estimate of drug-likeness (QED) is 0.811. The van der Waals surface area contributed by atoms with Crippen LogP contribution in [0.2, 0.25) is 5.02 Å². The van der Waals surface area contributed by atoms with Gasteiger partial charge in [-0.25, -0.2) is 4.98 Å². The summed E-state index contributed by atoms with van der Waals surface area (Å²) >= 11 is 7.48. The summed E-state index contributed by atoms with van der Waals surface area (Å²) < 4.78 is 0. The fourth-order valence-electron chi connectivity index (χ4n) is 1.53. The lowest BCUT2D eigenvalue weighted by Crippen LogP contribution is -1.87. The Morgan fingerprint density at radius 1 is 1.28 bits per heavy atom. The van der Waals surface area contributed by atoms with Crippen LogP contribution in [-0.4, -0.2) is 15.2 Å². The van der Waals surface area contributed by atoms with Crippen LogP contribution in [0.1, 0.15) is 31.2 Å². The SMILES string of the molecule is CCCCc1nc(SCc2ccc(Cl)cc2)n[nH]1. The lowest BCUT2D eigenvalue weighted by atomic mass is 10.2. The highest BCUT2D eigenvalue weighted by Gasteiger charge is 2.04. The molecule has 0 aliphatic carbocycles. The predicted octanol–water partition coefficient (Wildman–Crippen LogP) is 4.09. The molecular weight excluding hydrogens is 266 g/mol. The summed E-state index contributed by atoms with van der Waals surface area (Å²) in [6.07, 6.45) is 3.30. The Kier molecular flexibility index (Phi) is 5.08. The highest BCUT2D eigenvalue weighted by Crippen LogP contribution is 2.20. The second-order valence-corrected chi connectivity index (χ2v) is 5.46. The van der Waals surface area contributed by atoms with E-state index < -0.39 is 0 Å². The first-order valence-electron chi connectivity index (χ1n) is 6.06. The Morgan fingerprint density at radius 2 is 2.06 bits per heavy atom. The lowest BCUT2D eigenvalue weighted by molar-refractivity contribution is 0.755. The van der Waals surface area contributed by atoms with Crippen molar-refractivity contribution in [2.75, 3.05) is 0 Å². The summed E-state index contributed by atoms with van der Waals surface area (Å²) in [4.78, 5) is 4.45. The van der Waals surface area contributed by atoms with E-state index in [0.29, 0.717) is 0 Å². The number of rotatable bonds is 6. The van der Waals surface area contributed by atoms with E-state index in [1.54, 1.807) is 11.8 Å². The maximum Gasteiger partial charge on any atom is 0.208 e. The molecule has 1 aromatic heterocycles. The van der Waals surface area contributed by atoms with Crippen LogP contribution in [0.5, 0.6) is 0 Å². The highest BCUT2D eigenvalue weighted by molar-refractivity contribution is 7.98. The fourth-order valence-corrected chi connectivity index (χ4v) is 2.43. The zero-order valence-corrected chi connectivity index (χ0v) is 11.9. The largest absolute Gasteiger partial charge is 0.262 e. The van der Waals surface area contributed by atoms with Crippen LogP contribution in [-0.2, 0) is 12.2 Å². The fraction of sp³-hybridized carbons (Fsp3) is 0.385. The molecule has 0 saturated carbocycles. The molecular formula is C13H16ClN3S. The minimum atomic E-state index is 0.767. The maximum absolute atomic E-state index is 5.84. The van der Waals surface area contributed by atoms with Gasteiger partial charge in [-0.3, -0.25) is 5.10 Å². The van der Waals surface area contributed by atoms with Crippen LogP contribution in [0.4, 0.5) is 0 Å². The van der Waals surface area contributed by atoms with Crippen LogP contribution >= 0.6 is 23.4 Å². The summed E-state index contributed by atoms with van der Waals surface area (Å²) in [6, 6.07) is 7.87. The molecule has 5 heteroatoms. The first-order valence-corrected chi connectivity index (χ1v) is 7.43. The number of nitrogens with zero attached hydrogens (tertiary/aromatic N) is 2. The Morgan fingerprint density at radius 3 is 2.78 bits per heavy atom. The van der Waals surface area contributed by atoms with Crippen molar-refractivity contribution in [3.05, 3.63) is 40.7 Å². The van der Waals surface area contributed by atoms with E-state index in [-0.39, 0.29) is 0 Å². The second kappa shape index (κ2) is 6.81. The number of hydrogen-bond acceptors (Lipinski definition) is 3. The number of hydrogen-bond donors (Lipinski definition) is 1. The van der Waals surface area contributed by atoms with Crippen LogP contribution in [0, 0.1) is 0 Å². The van der Waals surface area contributed by atoms with Gasteiger partial charge in [0.05, 0.1) is 0 Å². The molecule has 96 valence electrons. The average Bonchev–Trinajstić information content (AvgIpc) is 2.84. The minimum absolute atomic E-state index is 0.767. The van der Waals surface area contributed by atoms with Gasteiger partial charge in [0.2, 0.25) is 5.16 Å². The highest BCUT2D eigenvalue weighted by atomic mass is 35.5. The van der Waals surface area contributed by atoms with Crippen molar-refractivity contribution in [3.63, 3.8) is 0 Å². The standard InChI is InChI=1S/C13H16ClN3S/c1-2-3-4-12-15-13(17-16-12)18-9-10-5-7-11(14)8-6-10/h5-8H,2-4,9H2,1H3,(H,15,16,17). The number of unbranched alkanes of at least 4 members (excludes halogenated alkanes) is 1. The third-order valence-corrected chi connectivity index (χ3v) is 3.73. The Hall–Kier alpha value is -1.00. The predicted molar refractivity (Wildman–Crippen MR) is 76.0 cm³/mol. The molecule has 0 aliphatic heterocycles. The summed E-state index contributed by atoms with van der Waals surface area (Å²) in [6.45, 7) is 2.17. The zero-order valence-electron chi connectivity index (χ0n) is 10.3. The first-order chi connectivity index (χ1) is 8.78. The van der Waals surface area contributed by atoms with Crippen molar-refractivity contribution in [2.45, 2.75) is 37.1 Å². The molecule has 0 spiro atoms. The molecule has 2 aromatic rings. The molecule has 1 N–H and O–H groups in total. The summed E-state index contributed by atoms with van der Waals surface area (Å²) in [7, 11) is 0. The number of H-pyrrole nitrogens is 1. The molecule has 1 aromatic carbocycles. The molecule has 0 bridgehead atoms. The van der Waals surface area contributed by atoms with E-state index >= 15 is 0 Å². The van der Waals surface area contributed by atoms with E-state index in [1.165, 1.54) is 12.0 Å². The van der Waals surface area contributed by atoms with Gasteiger partial charge < -0.3 is 0 Å². The summed E-state index contributed by atoms with van der Waals surface area (Å²) in [5, 5.41) is 8.77. The van der Waals surface area contributed by atoms with Gasteiger partial charge in [0.15, 0.2) is 0 Å². The number of thioether (sulfide) groups is 1. The van der Waals surface area contributed by atoms with Crippen LogP contribution in [0.3, 0.4) is 0 Å². The van der Waals surface area contributed by atoms with E-state index in [2.05, 4.69) is 22.1 Å². The molecule has 0 amide bonds. The number of aromatic amines is 1. The molecule has 1 heterocycles. The van der Waals surface area contributed by atoms with Gasteiger partial charge in [-0.2, -0.15) is 0 Å². The number of benzene rings is 1. The number of nitrogens with one attached hydrogen (secondary N) is 1. The van der Waals surface area contributed by atoms with Gasteiger partial charge in [-0.05, 0) is 24.1 Å². The molecule has 3 nitrogen and oxygen atoms in total. The van der Waals surface area contributed by atoms with Gasteiger partial charge in [0.1, 0.15) is 5.82 Å². The molecule has 18 heavy (non-hydrogen) atoms. The molecule has 0 unspecified atom stereocenters. The average molecular weight is 282 g/mol. The normalized spacial score (nSPS) is 10.8. The van der Waals surface area contributed by atoms with Gasteiger partial charge in [0.25, 0.3) is 0 Å². The van der Waals surface area contributed by atoms with Crippen LogP contribution in [0.15, 0.2) is 29.4 Å². The first kappa shape index (κ1) is 13.4. The third-order valence-electron chi connectivity index (χ3n) is 2.56. The van der Waals surface area contributed by atoms with Crippen molar-refractivity contribution >= 4 is 23.4 Å². The molecule has 0 aliphatic rings. The van der Waals surface area contributed by atoms with Gasteiger partial charge in [-0.15, -0.1) is 5.10 Å². The smallest absolute Gasteiger partial charge is 0.208 e.